The van der Waals surface area contributed by atoms with Crippen molar-refractivity contribution in [1.82, 2.24) is 0 Å². The zero-order valence-electron chi connectivity index (χ0n) is 6.38. The summed E-state index contributed by atoms with van der Waals surface area (Å²) in [6, 6.07) is 4.35. The lowest BCUT2D eigenvalue weighted by molar-refractivity contribution is 0.319. The minimum Gasteiger partial charge on any atom is -0.411 e. The second-order valence-electron chi connectivity index (χ2n) is 2.31. The molecule has 0 saturated carbocycles. The van der Waals surface area contributed by atoms with Crippen molar-refractivity contribution in [3.63, 3.8) is 0 Å². The predicted octanol–water partition coefficient (Wildman–Crippen LogP) is 2.63. The normalized spacial score (nSPS) is 11.8. The topological polar surface area (TPSA) is 32.6 Å². The molecule has 0 radical (unpaired) electrons. The molecule has 0 bridgehead atoms. The van der Waals surface area contributed by atoms with E-state index in [-0.39, 0.29) is 5.82 Å². The molecule has 64 valence electrons. The summed E-state index contributed by atoms with van der Waals surface area (Å²) < 4.78 is 13.6. The highest BCUT2D eigenvalue weighted by Gasteiger charge is 2.04. The zero-order valence-corrected chi connectivity index (χ0v) is 8.54. The van der Waals surface area contributed by atoms with Gasteiger partial charge in [-0.15, -0.1) is 0 Å². The van der Waals surface area contributed by atoms with E-state index in [9.17, 15) is 4.39 Å². The Bertz CT molecular complexity index is 325. The van der Waals surface area contributed by atoms with E-state index in [1.165, 1.54) is 12.1 Å². The molecular formula is C8H7FINO. The fourth-order valence-electron chi connectivity index (χ4n) is 0.829. The van der Waals surface area contributed by atoms with Crippen molar-refractivity contribution >= 4 is 28.3 Å². The van der Waals surface area contributed by atoms with Crippen LogP contribution in [0.3, 0.4) is 0 Å². The van der Waals surface area contributed by atoms with Crippen LogP contribution in [0.4, 0.5) is 4.39 Å². The molecule has 0 atom stereocenters. The molecule has 1 N–H and O–H groups in total. The molecule has 1 aromatic rings. The Balaban J connectivity index is 3.23. The fraction of sp³-hybridized carbons (Fsp3) is 0.125. The van der Waals surface area contributed by atoms with Crippen molar-refractivity contribution in [3.05, 3.63) is 33.1 Å². The van der Waals surface area contributed by atoms with E-state index in [1.807, 2.05) is 0 Å². The molecule has 4 heteroatoms. The highest BCUT2D eigenvalue weighted by atomic mass is 127. The van der Waals surface area contributed by atoms with Crippen molar-refractivity contribution in [3.8, 4) is 0 Å². The van der Waals surface area contributed by atoms with Gasteiger partial charge in [0.1, 0.15) is 5.82 Å². The van der Waals surface area contributed by atoms with Crippen LogP contribution in [0.5, 0.6) is 0 Å². The highest BCUT2D eigenvalue weighted by molar-refractivity contribution is 14.1. The second kappa shape index (κ2) is 3.84. The lowest BCUT2D eigenvalue weighted by atomic mass is 10.1. The largest absolute Gasteiger partial charge is 0.411 e. The van der Waals surface area contributed by atoms with Crippen molar-refractivity contribution in [2.45, 2.75) is 6.92 Å². The van der Waals surface area contributed by atoms with Gasteiger partial charge in [0.05, 0.1) is 5.71 Å². The van der Waals surface area contributed by atoms with Gasteiger partial charge >= 0.3 is 0 Å². The number of halogens is 2. The first-order chi connectivity index (χ1) is 5.65. The SMILES string of the molecule is C/C(=N\O)c1cc(F)ccc1I. The van der Waals surface area contributed by atoms with Crippen LogP contribution in [0.15, 0.2) is 23.4 Å². The van der Waals surface area contributed by atoms with Crippen molar-refractivity contribution in [2.24, 2.45) is 5.16 Å². The summed E-state index contributed by atoms with van der Waals surface area (Å²) in [5.74, 6) is -0.326. The average Bonchev–Trinajstić information content (AvgIpc) is 2.08. The Morgan fingerprint density at radius 2 is 2.25 bits per heavy atom. The van der Waals surface area contributed by atoms with E-state index in [4.69, 9.17) is 5.21 Å². The van der Waals surface area contributed by atoms with Crippen LogP contribution in [-0.2, 0) is 0 Å². The van der Waals surface area contributed by atoms with Gasteiger partial charge in [-0.25, -0.2) is 4.39 Å². The Morgan fingerprint density at radius 1 is 1.58 bits per heavy atom. The summed E-state index contributed by atoms with van der Waals surface area (Å²) in [4.78, 5) is 0. The zero-order chi connectivity index (χ0) is 9.14. The molecule has 0 amide bonds. The quantitative estimate of drug-likeness (QED) is 0.364. The van der Waals surface area contributed by atoms with Gasteiger partial charge in [0.2, 0.25) is 0 Å². The second-order valence-corrected chi connectivity index (χ2v) is 3.47. The molecule has 0 heterocycles. The number of benzene rings is 1. The van der Waals surface area contributed by atoms with E-state index >= 15 is 0 Å². The molecular weight excluding hydrogens is 272 g/mol. The Kier molecular flexibility index (Phi) is 3.02. The smallest absolute Gasteiger partial charge is 0.123 e. The first-order valence-corrected chi connectivity index (χ1v) is 4.37. The van der Waals surface area contributed by atoms with E-state index < -0.39 is 0 Å². The molecule has 0 aliphatic rings. The molecule has 0 aromatic heterocycles. The Morgan fingerprint density at radius 3 is 2.83 bits per heavy atom. The monoisotopic (exact) mass is 279 g/mol. The lowest BCUT2D eigenvalue weighted by Crippen LogP contribution is -1.98. The maximum atomic E-state index is 12.7. The summed E-state index contributed by atoms with van der Waals surface area (Å²) >= 11 is 2.06. The van der Waals surface area contributed by atoms with Gasteiger partial charge in [-0.2, -0.15) is 0 Å². The van der Waals surface area contributed by atoms with Crippen LogP contribution in [0, 0.1) is 9.39 Å². The average molecular weight is 279 g/mol. The lowest BCUT2D eigenvalue weighted by Gasteiger charge is -2.01. The van der Waals surface area contributed by atoms with Crippen LogP contribution in [0.2, 0.25) is 0 Å². The molecule has 12 heavy (non-hydrogen) atoms. The molecule has 0 unspecified atom stereocenters. The van der Waals surface area contributed by atoms with Gasteiger partial charge in [-0.1, -0.05) is 5.16 Å². The van der Waals surface area contributed by atoms with E-state index in [1.54, 1.807) is 13.0 Å². The number of nitrogens with zero attached hydrogens (tertiary/aromatic N) is 1. The fourth-order valence-corrected chi connectivity index (χ4v) is 1.55. The number of oxime groups is 1. The number of rotatable bonds is 1. The summed E-state index contributed by atoms with van der Waals surface area (Å²) in [5.41, 5.74) is 1.04. The van der Waals surface area contributed by atoms with Crippen molar-refractivity contribution in [2.75, 3.05) is 0 Å². The maximum absolute atomic E-state index is 12.7. The third-order valence-electron chi connectivity index (χ3n) is 1.47. The first kappa shape index (κ1) is 9.44. The molecule has 1 rings (SSSR count). The van der Waals surface area contributed by atoms with Gasteiger partial charge < -0.3 is 5.21 Å². The molecule has 0 saturated heterocycles. The van der Waals surface area contributed by atoms with Gasteiger partial charge in [-0.3, -0.25) is 0 Å². The van der Waals surface area contributed by atoms with Crippen LogP contribution in [0.25, 0.3) is 0 Å². The minimum atomic E-state index is -0.326. The van der Waals surface area contributed by atoms with E-state index in [0.717, 1.165) is 3.57 Å². The highest BCUT2D eigenvalue weighted by Crippen LogP contribution is 2.14. The van der Waals surface area contributed by atoms with E-state index in [0.29, 0.717) is 11.3 Å². The Labute approximate surface area is 83.2 Å². The molecule has 0 aliphatic heterocycles. The van der Waals surface area contributed by atoms with Gasteiger partial charge in [0.25, 0.3) is 0 Å². The minimum absolute atomic E-state index is 0.326. The summed E-state index contributed by atoms with van der Waals surface area (Å²) in [6.07, 6.45) is 0. The van der Waals surface area contributed by atoms with Gasteiger partial charge in [0, 0.05) is 9.13 Å². The predicted molar refractivity (Wildman–Crippen MR) is 53.1 cm³/mol. The van der Waals surface area contributed by atoms with Gasteiger partial charge in [-0.05, 0) is 47.7 Å². The van der Waals surface area contributed by atoms with Crippen LogP contribution in [0.1, 0.15) is 12.5 Å². The number of hydrogen-bond acceptors (Lipinski definition) is 2. The summed E-state index contributed by atoms with van der Waals surface area (Å²) in [7, 11) is 0. The molecule has 0 aliphatic carbocycles. The third kappa shape index (κ3) is 1.94. The summed E-state index contributed by atoms with van der Waals surface area (Å²) in [5, 5.41) is 11.5. The molecule has 1 aromatic carbocycles. The maximum Gasteiger partial charge on any atom is 0.123 e. The van der Waals surface area contributed by atoms with Crippen LogP contribution >= 0.6 is 22.6 Å². The first-order valence-electron chi connectivity index (χ1n) is 3.29. The summed E-state index contributed by atoms with van der Waals surface area (Å²) in [6.45, 7) is 1.62. The molecule has 0 fully saturated rings. The Hall–Kier alpha value is -0.650. The third-order valence-corrected chi connectivity index (χ3v) is 2.41. The van der Waals surface area contributed by atoms with E-state index in [2.05, 4.69) is 27.7 Å². The van der Waals surface area contributed by atoms with Gasteiger partial charge in [0.15, 0.2) is 0 Å². The number of hydrogen-bond donors (Lipinski definition) is 1. The van der Waals surface area contributed by atoms with Crippen LogP contribution in [-0.4, -0.2) is 10.9 Å². The molecule has 0 spiro atoms. The van der Waals surface area contributed by atoms with Crippen LogP contribution < -0.4 is 0 Å². The molecule has 2 nitrogen and oxygen atoms in total. The van der Waals surface area contributed by atoms with Crippen molar-refractivity contribution < 1.29 is 9.60 Å². The van der Waals surface area contributed by atoms with Crippen molar-refractivity contribution in [1.29, 1.82) is 0 Å². The standard InChI is InChI=1S/C8H7FINO/c1-5(11-12)7-4-6(9)2-3-8(7)10/h2-4,12H,1H3/b11-5+.